The minimum atomic E-state index is 0.104. The Kier molecular flexibility index (Phi) is 2.82. The van der Waals surface area contributed by atoms with E-state index in [1.807, 2.05) is 17.9 Å². The zero-order chi connectivity index (χ0) is 12.7. The summed E-state index contributed by atoms with van der Waals surface area (Å²) in [4.78, 5) is 18.4. The highest BCUT2D eigenvalue weighted by Crippen LogP contribution is 2.37. The number of aromatic nitrogens is 1. The summed E-state index contributed by atoms with van der Waals surface area (Å²) in [6.45, 7) is 3.64. The summed E-state index contributed by atoms with van der Waals surface area (Å²) >= 11 is 0. The summed E-state index contributed by atoms with van der Waals surface area (Å²) in [5.74, 6) is 1.22. The highest BCUT2D eigenvalue weighted by atomic mass is 16.2. The summed E-state index contributed by atoms with van der Waals surface area (Å²) in [6.07, 6.45) is 5.71. The van der Waals surface area contributed by atoms with Crippen molar-refractivity contribution < 1.29 is 4.79 Å². The largest absolute Gasteiger partial charge is 0.338 e. The molecular formula is C14H19N3O. The Morgan fingerprint density at radius 2 is 2.22 bits per heavy atom. The monoisotopic (exact) mass is 245 g/mol. The van der Waals surface area contributed by atoms with Gasteiger partial charge in [-0.3, -0.25) is 9.78 Å². The summed E-state index contributed by atoms with van der Waals surface area (Å²) in [5.41, 5.74) is 7.82. The van der Waals surface area contributed by atoms with E-state index in [1.54, 1.807) is 12.4 Å². The first-order valence-corrected chi connectivity index (χ1v) is 6.61. The molecule has 4 heteroatoms. The number of hydrogen-bond donors (Lipinski definition) is 1. The number of nitrogens with zero attached hydrogens (tertiary/aromatic N) is 2. The van der Waals surface area contributed by atoms with E-state index in [2.05, 4.69) is 4.98 Å². The van der Waals surface area contributed by atoms with Crippen molar-refractivity contribution in [2.24, 2.45) is 17.6 Å². The van der Waals surface area contributed by atoms with Crippen LogP contribution in [0, 0.1) is 18.8 Å². The van der Waals surface area contributed by atoms with E-state index >= 15 is 0 Å². The molecule has 1 amide bonds. The molecule has 0 radical (unpaired) electrons. The standard InChI is InChI=1S/C14H19N3O/c1-9-4-11(6-16-5-9)14(18)17-7-10-2-3-13(15)12(10)8-17/h4-6,10,12-13H,2-3,7-8,15H2,1H3. The molecule has 1 saturated carbocycles. The van der Waals surface area contributed by atoms with E-state index in [9.17, 15) is 4.79 Å². The molecule has 2 N–H and O–H groups in total. The van der Waals surface area contributed by atoms with Crippen LogP contribution in [0.1, 0.15) is 28.8 Å². The number of likely N-dealkylation sites (tertiary alicyclic amines) is 1. The molecule has 4 nitrogen and oxygen atoms in total. The second-order valence-electron chi connectivity index (χ2n) is 5.63. The van der Waals surface area contributed by atoms with Gasteiger partial charge < -0.3 is 10.6 Å². The van der Waals surface area contributed by atoms with Gasteiger partial charge in [-0.2, -0.15) is 0 Å². The Morgan fingerprint density at radius 3 is 2.94 bits per heavy atom. The zero-order valence-corrected chi connectivity index (χ0v) is 10.7. The Morgan fingerprint density at radius 1 is 1.39 bits per heavy atom. The lowest BCUT2D eigenvalue weighted by molar-refractivity contribution is 0.0779. The summed E-state index contributed by atoms with van der Waals surface area (Å²) < 4.78 is 0. The van der Waals surface area contributed by atoms with Gasteiger partial charge >= 0.3 is 0 Å². The van der Waals surface area contributed by atoms with Crippen molar-refractivity contribution in [2.45, 2.75) is 25.8 Å². The Balaban J connectivity index is 1.75. The molecule has 2 fully saturated rings. The van der Waals surface area contributed by atoms with Gasteiger partial charge in [-0.25, -0.2) is 0 Å². The van der Waals surface area contributed by atoms with E-state index in [0.717, 1.165) is 25.1 Å². The molecule has 1 saturated heterocycles. The molecule has 1 aliphatic carbocycles. The number of carbonyl (C=O) groups excluding carboxylic acids is 1. The average molecular weight is 245 g/mol. The lowest BCUT2D eigenvalue weighted by Gasteiger charge is -2.18. The molecule has 18 heavy (non-hydrogen) atoms. The van der Waals surface area contributed by atoms with Crippen molar-refractivity contribution >= 4 is 5.91 Å². The van der Waals surface area contributed by atoms with E-state index in [4.69, 9.17) is 5.73 Å². The minimum absolute atomic E-state index is 0.104. The molecule has 0 aromatic carbocycles. The number of amides is 1. The SMILES string of the molecule is Cc1cncc(C(=O)N2CC3CCC(N)C3C2)c1. The first kappa shape index (κ1) is 11.7. The number of pyridine rings is 1. The highest BCUT2D eigenvalue weighted by molar-refractivity contribution is 5.94. The van der Waals surface area contributed by atoms with Crippen molar-refractivity contribution in [1.82, 2.24) is 9.88 Å². The van der Waals surface area contributed by atoms with Crippen molar-refractivity contribution in [2.75, 3.05) is 13.1 Å². The minimum Gasteiger partial charge on any atom is -0.338 e. The fourth-order valence-electron chi connectivity index (χ4n) is 3.33. The summed E-state index contributed by atoms with van der Waals surface area (Å²) in [6, 6.07) is 2.19. The van der Waals surface area contributed by atoms with Gasteiger partial charge in [0.1, 0.15) is 0 Å². The molecule has 96 valence electrons. The molecule has 2 aliphatic rings. The first-order valence-electron chi connectivity index (χ1n) is 6.61. The summed E-state index contributed by atoms with van der Waals surface area (Å²) in [5, 5.41) is 0. The van der Waals surface area contributed by atoms with Gasteiger partial charge in [-0.1, -0.05) is 0 Å². The van der Waals surface area contributed by atoms with Crippen LogP contribution in [0.2, 0.25) is 0 Å². The molecule has 3 unspecified atom stereocenters. The maximum absolute atomic E-state index is 12.4. The van der Waals surface area contributed by atoms with E-state index in [1.165, 1.54) is 6.42 Å². The second-order valence-corrected chi connectivity index (χ2v) is 5.63. The van der Waals surface area contributed by atoms with E-state index in [0.29, 0.717) is 17.4 Å². The fourth-order valence-corrected chi connectivity index (χ4v) is 3.33. The van der Waals surface area contributed by atoms with Gasteiger partial charge in [0.05, 0.1) is 5.56 Å². The van der Waals surface area contributed by atoms with Crippen LogP contribution in [-0.4, -0.2) is 34.9 Å². The second kappa shape index (κ2) is 4.35. The third-order valence-electron chi connectivity index (χ3n) is 4.32. The van der Waals surface area contributed by atoms with E-state index < -0.39 is 0 Å². The number of fused-ring (bicyclic) bond motifs is 1. The van der Waals surface area contributed by atoms with Crippen molar-refractivity contribution in [3.63, 3.8) is 0 Å². The first-order chi connectivity index (χ1) is 8.65. The van der Waals surface area contributed by atoms with Crippen LogP contribution in [0.15, 0.2) is 18.5 Å². The molecule has 1 aromatic heterocycles. The topological polar surface area (TPSA) is 59.2 Å². The third-order valence-corrected chi connectivity index (χ3v) is 4.32. The van der Waals surface area contributed by atoms with Crippen LogP contribution in [0.25, 0.3) is 0 Å². The van der Waals surface area contributed by atoms with Gasteiger partial charge in [-0.05, 0) is 43.2 Å². The van der Waals surface area contributed by atoms with Crippen molar-refractivity contribution in [3.8, 4) is 0 Å². The number of nitrogens with two attached hydrogens (primary N) is 1. The van der Waals surface area contributed by atoms with Gasteiger partial charge in [-0.15, -0.1) is 0 Å². The molecular weight excluding hydrogens is 226 g/mol. The van der Waals surface area contributed by atoms with Crippen LogP contribution < -0.4 is 5.73 Å². The number of aryl methyl sites for hydroxylation is 1. The lowest BCUT2D eigenvalue weighted by atomic mass is 9.98. The maximum atomic E-state index is 12.4. The van der Waals surface area contributed by atoms with Crippen LogP contribution >= 0.6 is 0 Å². The Labute approximate surface area is 107 Å². The quantitative estimate of drug-likeness (QED) is 0.808. The fraction of sp³-hybridized carbons (Fsp3) is 0.571. The zero-order valence-electron chi connectivity index (χ0n) is 10.7. The average Bonchev–Trinajstić information content (AvgIpc) is 2.91. The number of hydrogen-bond acceptors (Lipinski definition) is 3. The molecule has 1 aliphatic heterocycles. The number of rotatable bonds is 1. The van der Waals surface area contributed by atoms with Crippen LogP contribution in [-0.2, 0) is 0 Å². The van der Waals surface area contributed by atoms with Crippen LogP contribution in [0.4, 0.5) is 0 Å². The molecule has 0 spiro atoms. The highest BCUT2D eigenvalue weighted by Gasteiger charge is 2.42. The van der Waals surface area contributed by atoms with Gasteiger partial charge in [0.15, 0.2) is 0 Å². The van der Waals surface area contributed by atoms with Gasteiger partial charge in [0.25, 0.3) is 5.91 Å². The third kappa shape index (κ3) is 1.90. The molecule has 3 rings (SSSR count). The van der Waals surface area contributed by atoms with Crippen LogP contribution in [0.3, 0.4) is 0 Å². The van der Waals surface area contributed by atoms with Gasteiger partial charge in [0, 0.05) is 31.5 Å². The normalized spacial score (nSPS) is 30.6. The van der Waals surface area contributed by atoms with Crippen molar-refractivity contribution in [3.05, 3.63) is 29.6 Å². The Hall–Kier alpha value is -1.42. The molecule has 2 heterocycles. The predicted molar refractivity (Wildman–Crippen MR) is 69.1 cm³/mol. The molecule has 1 aromatic rings. The molecule has 3 atom stereocenters. The summed E-state index contributed by atoms with van der Waals surface area (Å²) in [7, 11) is 0. The Bertz CT molecular complexity index is 474. The van der Waals surface area contributed by atoms with Gasteiger partial charge in [0.2, 0.25) is 0 Å². The number of carbonyl (C=O) groups is 1. The van der Waals surface area contributed by atoms with E-state index in [-0.39, 0.29) is 11.9 Å². The molecule has 0 bridgehead atoms. The predicted octanol–water partition coefficient (Wildman–Crippen LogP) is 1.20. The van der Waals surface area contributed by atoms with Crippen LogP contribution in [0.5, 0.6) is 0 Å². The van der Waals surface area contributed by atoms with Crippen molar-refractivity contribution in [1.29, 1.82) is 0 Å². The smallest absolute Gasteiger partial charge is 0.255 e. The maximum Gasteiger partial charge on any atom is 0.255 e. The lowest BCUT2D eigenvalue weighted by Crippen LogP contribution is -2.33.